The lowest BCUT2D eigenvalue weighted by Crippen LogP contribution is -2.19. The van der Waals surface area contributed by atoms with E-state index in [1.165, 1.54) is 4.68 Å². The highest BCUT2D eigenvalue weighted by atomic mass is 16.1. The highest BCUT2D eigenvalue weighted by Crippen LogP contribution is 2.05. The summed E-state index contributed by atoms with van der Waals surface area (Å²) in [4.78, 5) is 14.0. The highest BCUT2D eigenvalue weighted by Gasteiger charge is 2.07. The average Bonchev–Trinajstić information content (AvgIpc) is 2.33. The van der Waals surface area contributed by atoms with E-state index < -0.39 is 5.94 Å². The Morgan fingerprint density at radius 3 is 3.00 bits per heavy atom. The fourth-order valence-corrected chi connectivity index (χ4v) is 0.818. The van der Waals surface area contributed by atoms with Crippen molar-refractivity contribution in [1.82, 2.24) is 15.0 Å². The molecule has 2 radical (unpaired) electrons. The summed E-state index contributed by atoms with van der Waals surface area (Å²) in [7, 11) is 5.51. The molecule has 5 nitrogen and oxygen atoms in total. The Balaban J connectivity index is 2.80. The molecule has 0 aliphatic carbocycles. The van der Waals surface area contributed by atoms with Crippen LogP contribution in [-0.2, 0) is 4.79 Å². The van der Waals surface area contributed by atoms with Crippen molar-refractivity contribution in [2.75, 3.05) is 5.84 Å². The lowest BCUT2D eigenvalue weighted by Gasteiger charge is -2.04. The van der Waals surface area contributed by atoms with Gasteiger partial charge in [-0.1, -0.05) is 0 Å². The number of nitrogens with two attached hydrogens (primary N) is 1. The molecule has 0 aliphatic heterocycles. The molecule has 0 spiro atoms. The predicted molar refractivity (Wildman–Crippen MR) is 44.8 cm³/mol. The van der Waals surface area contributed by atoms with Gasteiger partial charge < -0.3 is 11.2 Å². The zero-order valence-corrected chi connectivity index (χ0v) is 6.69. The van der Waals surface area contributed by atoms with E-state index in [4.69, 9.17) is 13.7 Å². The number of carbonyl (C=O) groups excluding carboxylic acids is 1. The molecule has 0 saturated carbocycles. The largest absolute Gasteiger partial charge is 0.359 e. The van der Waals surface area contributed by atoms with E-state index >= 15 is 0 Å². The van der Waals surface area contributed by atoms with E-state index in [1.807, 2.05) is 0 Å². The molecule has 0 aliphatic rings. The molecule has 0 bridgehead atoms. The number of aromatic nitrogens is 2. The van der Waals surface area contributed by atoms with Crippen LogP contribution >= 0.6 is 0 Å². The number of nitrogen functional groups attached to an aromatic ring is 1. The van der Waals surface area contributed by atoms with Crippen molar-refractivity contribution in [1.29, 1.82) is 0 Å². The van der Waals surface area contributed by atoms with Gasteiger partial charge in [0.05, 0.1) is 11.9 Å². The molecule has 62 valence electrons. The molecule has 6 heteroatoms. The van der Waals surface area contributed by atoms with Crippen LogP contribution in [0.1, 0.15) is 17.5 Å². The van der Waals surface area contributed by atoms with Crippen molar-refractivity contribution in [2.45, 2.75) is 12.9 Å². The number of carbonyl (C=O) groups is 1. The molecule has 1 atom stereocenters. The third kappa shape index (κ3) is 1.58. The number of hydrogen-bond donors (Lipinski definition) is 2. The van der Waals surface area contributed by atoms with Gasteiger partial charge in [0.25, 0.3) is 0 Å². The highest BCUT2D eigenvalue weighted by molar-refractivity contribution is 6.12. The minimum atomic E-state index is -0.592. The molecule has 0 saturated heterocycles. The van der Waals surface area contributed by atoms with Crippen molar-refractivity contribution in [3.8, 4) is 0 Å². The Hall–Kier alpha value is -1.46. The number of imidazole rings is 1. The van der Waals surface area contributed by atoms with Gasteiger partial charge in [-0.05, 0) is 6.92 Å². The van der Waals surface area contributed by atoms with Crippen LogP contribution in [0.5, 0.6) is 0 Å². The third-order valence-electron chi connectivity index (χ3n) is 1.50. The fraction of sp³-hybridized carbons (Fsp3) is 0.333. The van der Waals surface area contributed by atoms with Gasteiger partial charge in [-0.3, -0.25) is 9.47 Å². The zero-order valence-electron chi connectivity index (χ0n) is 6.69. The minimum Gasteiger partial charge on any atom is -0.359 e. The van der Waals surface area contributed by atoms with Crippen molar-refractivity contribution in [2.24, 2.45) is 0 Å². The molecule has 1 heterocycles. The Morgan fingerprint density at radius 2 is 2.58 bits per heavy atom. The number of nitrogens with one attached hydrogen (secondary N) is 1. The van der Waals surface area contributed by atoms with Crippen molar-refractivity contribution >= 4 is 14.3 Å². The number of rotatable bonds is 3. The molecule has 0 fully saturated rings. The molecular formula is C6H9BN4O. The number of hydrogen-bond acceptors (Lipinski definition) is 3. The van der Waals surface area contributed by atoms with E-state index in [0.717, 1.165) is 0 Å². The van der Waals surface area contributed by atoms with Crippen LogP contribution in [0.15, 0.2) is 6.20 Å². The van der Waals surface area contributed by atoms with Crippen molar-refractivity contribution < 1.29 is 4.79 Å². The van der Waals surface area contributed by atoms with Crippen molar-refractivity contribution in [3.05, 3.63) is 17.7 Å². The maximum absolute atomic E-state index is 10.0. The first-order valence-corrected chi connectivity index (χ1v) is 3.41. The standard InChI is InChI=1S/C6H9BN4O/c1-4-10-5(2-11(4)8)6(7)9-3-12/h2-3,6H,8H2,1H3,(H,9,12). The maximum atomic E-state index is 10.0. The Morgan fingerprint density at radius 1 is 1.92 bits per heavy atom. The molecule has 1 aromatic rings. The Kier molecular flexibility index (Phi) is 2.37. The van der Waals surface area contributed by atoms with Crippen LogP contribution in [0.3, 0.4) is 0 Å². The summed E-state index contributed by atoms with van der Waals surface area (Å²) < 4.78 is 1.35. The third-order valence-corrected chi connectivity index (χ3v) is 1.50. The maximum Gasteiger partial charge on any atom is 0.207 e. The molecule has 1 aromatic heterocycles. The van der Waals surface area contributed by atoms with Gasteiger partial charge in [0.15, 0.2) is 0 Å². The molecule has 12 heavy (non-hydrogen) atoms. The van der Waals surface area contributed by atoms with Gasteiger partial charge in [-0.25, -0.2) is 4.98 Å². The second-order valence-corrected chi connectivity index (χ2v) is 2.38. The van der Waals surface area contributed by atoms with E-state index in [1.54, 1.807) is 13.1 Å². The van der Waals surface area contributed by atoms with Crippen molar-refractivity contribution in [3.63, 3.8) is 0 Å². The number of aryl methyl sites for hydroxylation is 1. The fourth-order valence-electron chi connectivity index (χ4n) is 0.818. The first-order valence-electron chi connectivity index (χ1n) is 3.41. The lowest BCUT2D eigenvalue weighted by atomic mass is 9.94. The summed E-state index contributed by atoms with van der Waals surface area (Å²) in [5.74, 6) is 5.51. The lowest BCUT2D eigenvalue weighted by molar-refractivity contribution is -0.109. The monoisotopic (exact) mass is 164 g/mol. The van der Waals surface area contributed by atoms with Crippen LogP contribution in [0.2, 0.25) is 0 Å². The predicted octanol–water partition coefficient (Wildman–Crippen LogP) is -1.18. The van der Waals surface area contributed by atoms with Crippen LogP contribution in [0, 0.1) is 6.92 Å². The molecule has 1 rings (SSSR count). The first kappa shape index (κ1) is 8.64. The minimum absolute atomic E-state index is 0.523. The van der Waals surface area contributed by atoms with E-state index in [0.29, 0.717) is 17.9 Å². The SMILES string of the molecule is [B]C(NC=O)c1cn(N)c(C)n1. The summed E-state index contributed by atoms with van der Waals surface area (Å²) in [6.07, 6.45) is 2.09. The van der Waals surface area contributed by atoms with Gasteiger partial charge >= 0.3 is 0 Å². The average molecular weight is 164 g/mol. The first-order chi connectivity index (χ1) is 5.65. The summed E-state index contributed by atoms with van der Waals surface area (Å²) in [5, 5.41) is 2.37. The van der Waals surface area contributed by atoms with Gasteiger partial charge in [-0.15, -0.1) is 0 Å². The van der Waals surface area contributed by atoms with Gasteiger partial charge in [0, 0.05) is 5.94 Å². The van der Waals surface area contributed by atoms with E-state index in [-0.39, 0.29) is 0 Å². The quantitative estimate of drug-likeness (QED) is 0.335. The van der Waals surface area contributed by atoms with Gasteiger partial charge in [-0.2, -0.15) is 0 Å². The molecular weight excluding hydrogens is 155 g/mol. The van der Waals surface area contributed by atoms with Crippen LogP contribution in [0.25, 0.3) is 0 Å². The Bertz CT molecular complexity index is 266. The smallest absolute Gasteiger partial charge is 0.207 e. The summed E-state index contributed by atoms with van der Waals surface area (Å²) in [5.41, 5.74) is 0.544. The topological polar surface area (TPSA) is 72.9 Å². The summed E-state index contributed by atoms with van der Waals surface area (Å²) >= 11 is 0. The van der Waals surface area contributed by atoms with Gasteiger partial charge in [0.1, 0.15) is 13.7 Å². The molecule has 1 unspecified atom stereocenters. The van der Waals surface area contributed by atoms with Crippen LogP contribution in [-0.4, -0.2) is 23.9 Å². The normalized spacial score (nSPS) is 12.4. The number of nitrogens with zero attached hydrogens (tertiary/aromatic N) is 2. The second-order valence-electron chi connectivity index (χ2n) is 2.38. The Labute approximate surface area is 71.3 Å². The summed E-state index contributed by atoms with van der Waals surface area (Å²) in [6, 6.07) is 0. The van der Waals surface area contributed by atoms with E-state index in [9.17, 15) is 4.79 Å². The number of amides is 1. The van der Waals surface area contributed by atoms with Gasteiger partial charge in [0.2, 0.25) is 6.41 Å². The molecule has 3 N–H and O–H groups in total. The van der Waals surface area contributed by atoms with Crippen LogP contribution < -0.4 is 11.2 Å². The molecule has 1 amide bonds. The van der Waals surface area contributed by atoms with Crippen LogP contribution in [0.4, 0.5) is 0 Å². The zero-order chi connectivity index (χ0) is 9.14. The molecule has 0 aromatic carbocycles. The second kappa shape index (κ2) is 3.29. The summed E-state index contributed by atoms with van der Waals surface area (Å²) in [6.45, 7) is 1.75. The van der Waals surface area contributed by atoms with E-state index in [2.05, 4.69) is 10.3 Å².